The van der Waals surface area contributed by atoms with E-state index in [-0.39, 0.29) is 11.4 Å². The third-order valence-electron chi connectivity index (χ3n) is 4.99. The molecule has 0 fully saturated rings. The van der Waals surface area contributed by atoms with E-state index in [4.69, 9.17) is 19.9 Å². The Morgan fingerprint density at radius 3 is 2.12 bits per heavy atom. The Morgan fingerprint density at radius 1 is 0.781 bits per heavy atom. The highest BCUT2D eigenvalue weighted by molar-refractivity contribution is 5.83. The van der Waals surface area contributed by atoms with Crippen molar-refractivity contribution in [3.63, 3.8) is 0 Å². The lowest BCUT2D eigenvalue weighted by Crippen LogP contribution is -2.01. The number of hydrogen-bond donors (Lipinski definition) is 1. The molecule has 0 aliphatic rings. The Labute approximate surface area is 186 Å². The molecular weight excluding hydrogens is 402 g/mol. The molecule has 0 bridgehead atoms. The third kappa shape index (κ3) is 4.18. The number of nitriles is 1. The van der Waals surface area contributed by atoms with Crippen LogP contribution >= 0.6 is 0 Å². The van der Waals surface area contributed by atoms with Gasteiger partial charge in [-0.1, -0.05) is 18.2 Å². The van der Waals surface area contributed by atoms with E-state index in [0.717, 1.165) is 11.3 Å². The number of nitrogen functional groups attached to an aromatic ring is 1. The molecule has 158 valence electrons. The fraction of sp³-hybridized carbons (Fsp3) is 0.0769. The van der Waals surface area contributed by atoms with Gasteiger partial charge in [0.25, 0.3) is 0 Å². The molecule has 4 aromatic rings. The molecule has 0 unspecified atom stereocenters. The molecule has 0 aliphatic heterocycles. The summed E-state index contributed by atoms with van der Waals surface area (Å²) in [4.78, 5) is 4.45. The second kappa shape index (κ2) is 9.11. The molecule has 0 radical (unpaired) electrons. The number of hydrogen-bond acceptors (Lipinski definition) is 6. The van der Waals surface area contributed by atoms with E-state index in [1.54, 1.807) is 26.4 Å². The fourth-order valence-electron chi connectivity index (χ4n) is 3.39. The molecule has 6 heteroatoms. The summed E-state index contributed by atoms with van der Waals surface area (Å²) in [5.74, 6) is 2.86. The molecule has 2 N–H and O–H groups in total. The summed E-state index contributed by atoms with van der Waals surface area (Å²) in [6.07, 6.45) is 0. The SMILES string of the molecule is COc1ccc(OC)c(-c2cc(-c3ccc(Oc4ccccc4)cc3)nc(N)c2C#N)c1. The monoisotopic (exact) mass is 423 g/mol. The summed E-state index contributed by atoms with van der Waals surface area (Å²) >= 11 is 0. The maximum absolute atomic E-state index is 9.73. The molecule has 1 heterocycles. The van der Waals surface area contributed by atoms with Crippen LogP contribution in [0, 0.1) is 11.3 Å². The van der Waals surface area contributed by atoms with Crippen LogP contribution < -0.4 is 19.9 Å². The van der Waals surface area contributed by atoms with Gasteiger partial charge in [-0.15, -0.1) is 0 Å². The van der Waals surface area contributed by atoms with E-state index in [1.165, 1.54) is 0 Å². The van der Waals surface area contributed by atoms with Crippen molar-refractivity contribution < 1.29 is 14.2 Å². The number of aromatic nitrogens is 1. The minimum absolute atomic E-state index is 0.148. The van der Waals surface area contributed by atoms with E-state index in [1.807, 2.05) is 66.7 Å². The molecule has 0 spiro atoms. The fourth-order valence-corrected chi connectivity index (χ4v) is 3.39. The topological polar surface area (TPSA) is 90.4 Å². The standard InChI is InChI=1S/C26H21N3O3/c1-30-20-12-13-25(31-2)22(14-20)21-15-24(29-26(28)23(21)16-27)17-8-10-19(11-9-17)32-18-6-4-3-5-7-18/h3-15H,1-2H3,(H2,28,29). The normalized spacial score (nSPS) is 10.3. The van der Waals surface area contributed by atoms with Crippen LogP contribution in [0.4, 0.5) is 5.82 Å². The summed E-state index contributed by atoms with van der Waals surface area (Å²) in [6.45, 7) is 0. The maximum atomic E-state index is 9.73. The zero-order valence-electron chi connectivity index (χ0n) is 17.7. The van der Waals surface area contributed by atoms with E-state index in [9.17, 15) is 5.26 Å². The average molecular weight is 423 g/mol. The van der Waals surface area contributed by atoms with Crippen molar-refractivity contribution in [3.05, 3.63) is 84.4 Å². The van der Waals surface area contributed by atoms with Crippen LogP contribution in [0.1, 0.15) is 5.56 Å². The molecule has 32 heavy (non-hydrogen) atoms. The summed E-state index contributed by atoms with van der Waals surface area (Å²) in [7, 11) is 3.16. The van der Waals surface area contributed by atoms with Crippen molar-refractivity contribution >= 4 is 5.82 Å². The molecule has 0 saturated carbocycles. The van der Waals surface area contributed by atoms with Gasteiger partial charge in [-0.2, -0.15) is 5.26 Å². The zero-order chi connectivity index (χ0) is 22.5. The van der Waals surface area contributed by atoms with Crippen molar-refractivity contribution in [2.45, 2.75) is 0 Å². The van der Waals surface area contributed by atoms with Gasteiger partial charge in [0.1, 0.15) is 40.4 Å². The van der Waals surface area contributed by atoms with Gasteiger partial charge in [-0.25, -0.2) is 4.98 Å². The van der Waals surface area contributed by atoms with Crippen molar-refractivity contribution in [2.75, 3.05) is 20.0 Å². The van der Waals surface area contributed by atoms with Crippen LogP contribution in [0.5, 0.6) is 23.0 Å². The number of rotatable bonds is 6. The first kappa shape index (κ1) is 20.8. The number of methoxy groups -OCH3 is 2. The van der Waals surface area contributed by atoms with Gasteiger partial charge in [0, 0.05) is 16.7 Å². The van der Waals surface area contributed by atoms with Crippen molar-refractivity contribution in [2.24, 2.45) is 0 Å². The average Bonchev–Trinajstić information content (AvgIpc) is 2.84. The molecule has 0 saturated heterocycles. The second-order valence-electron chi connectivity index (χ2n) is 6.93. The molecule has 0 aliphatic carbocycles. The Bertz CT molecular complexity index is 1280. The number of nitrogens with two attached hydrogens (primary N) is 1. The third-order valence-corrected chi connectivity index (χ3v) is 4.99. The summed E-state index contributed by atoms with van der Waals surface area (Å²) in [5.41, 5.74) is 9.24. The van der Waals surface area contributed by atoms with Crippen LogP contribution in [0.2, 0.25) is 0 Å². The Kier molecular flexibility index (Phi) is 5.91. The molecule has 0 amide bonds. The smallest absolute Gasteiger partial charge is 0.142 e. The van der Waals surface area contributed by atoms with Gasteiger partial charge in [-0.05, 0) is 60.7 Å². The molecular formula is C26H21N3O3. The number of nitrogens with zero attached hydrogens (tertiary/aromatic N) is 2. The highest BCUT2D eigenvalue weighted by atomic mass is 16.5. The van der Waals surface area contributed by atoms with Crippen LogP contribution in [0.3, 0.4) is 0 Å². The minimum Gasteiger partial charge on any atom is -0.497 e. The summed E-state index contributed by atoms with van der Waals surface area (Å²) < 4.78 is 16.7. The van der Waals surface area contributed by atoms with Gasteiger partial charge < -0.3 is 19.9 Å². The second-order valence-corrected chi connectivity index (χ2v) is 6.93. The summed E-state index contributed by atoms with van der Waals surface area (Å²) in [6, 6.07) is 26.5. The van der Waals surface area contributed by atoms with Crippen molar-refractivity contribution in [3.8, 4) is 51.5 Å². The number of pyridine rings is 1. The largest absolute Gasteiger partial charge is 0.497 e. The Morgan fingerprint density at radius 2 is 1.47 bits per heavy atom. The number of para-hydroxylation sites is 1. The first-order chi connectivity index (χ1) is 15.6. The molecule has 4 rings (SSSR count). The Balaban J connectivity index is 1.76. The number of benzene rings is 3. The Hall–Kier alpha value is -4.50. The lowest BCUT2D eigenvalue weighted by Gasteiger charge is -2.14. The lowest BCUT2D eigenvalue weighted by atomic mass is 9.97. The molecule has 6 nitrogen and oxygen atoms in total. The zero-order valence-corrected chi connectivity index (χ0v) is 17.7. The predicted octanol–water partition coefficient (Wildman–Crippen LogP) is 5.68. The molecule has 1 aromatic heterocycles. The maximum Gasteiger partial charge on any atom is 0.142 e. The summed E-state index contributed by atoms with van der Waals surface area (Å²) in [5, 5.41) is 9.73. The quantitative estimate of drug-likeness (QED) is 0.429. The van der Waals surface area contributed by atoms with Crippen LogP contribution in [-0.4, -0.2) is 19.2 Å². The van der Waals surface area contributed by atoms with E-state index in [2.05, 4.69) is 11.1 Å². The van der Waals surface area contributed by atoms with Gasteiger partial charge in [0.05, 0.1) is 19.9 Å². The van der Waals surface area contributed by atoms with Gasteiger partial charge in [-0.3, -0.25) is 0 Å². The van der Waals surface area contributed by atoms with Crippen LogP contribution in [0.25, 0.3) is 22.4 Å². The van der Waals surface area contributed by atoms with E-state index in [0.29, 0.717) is 34.1 Å². The molecule has 0 atom stereocenters. The van der Waals surface area contributed by atoms with E-state index < -0.39 is 0 Å². The van der Waals surface area contributed by atoms with E-state index >= 15 is 0 Å². The number of ether oxygens (including phenoxy) is 3. The molecule has 3 aromatic carbocycles. The van der Waals surface area contributed by atoms with Gasteiger partial charge >= 0.3 is 0 Å². The highest BCUT2D eigenvalue weighted by Crippen LogP contribution is 2.38. The highest BCUT2D eigenvalue weighted by Gasteiger charge is 2.17. The van der Waals surface area contributed by atoms with Gasteiger partial charge in [0.2, 0.25) is 0 Å². The van der Waals surface area contributed by atoms with Gasteiger partial charge in [0.15, 0.2) is 0 Å². The predicted molar refractivity (Wildman–Crippen MR) is 124 cm³/mol. The van der Waals surface area contributed by atoms with Crippen LogP contribution in [0.15, 0.2) is 78.9 Å². The lowest BCUT2D eigenvalue weighted by molar-refractivity contribution is 0.404. The first-order valence-electron chi connectivity index (χ1n) is 9.89. The minimum atomic E-state index is 0.148. The van der Waals surface area contributed by atoms with Crippen molar-refractivity contribution in [1.82, 2.24) is 4.98 Å². The van der Waals surface area contributed by atoms with Crippen molar-refractivity contribution in [1.29, 1.82) is 5.26 Å². The first-order valence-corrected chi connectivity index (χ1v) is 9.89. The van der Waals surface area contributed by atoms with Crippen LogP contribution in [-0.2, 0) is 0 Å². The number of anilines is 1.